The number of rotatable bonds is 9. The van der Waals surface area contributed by atoms with Gasteiger partial charge in [-0.2, -0.15) is 0 Å². The third-order valence-corrected chi connectivity index (χ3v) is 4.59. The molecular formula is C18H29N3S. The molecule has 22 heavy (non-hydrogen) atoms. The van der Waals surface area contributed by atoms with Crippen molar-refractivity contribution in [2.24, 2.45) is 0 Å². The van der Waals surface area contributed by atoms with Gasteiger partial charge in [0.25, 0.3) is 0 Å². The van der Waals surface area contributed by atoms with E-state index >= 15 is 0 Å². The number of para-hydroxylation sites is 1. The van der Waals surface area contributed by atoms with Crippen LogP contribution in [0.4, 0.5) is 5.69 Å². The molecule has 2 N–H and O–H groups in total. The van der Waals surface area contributed by atoms with E-state index in [2.05, 4.69) is 36.7 Å². The Hall–Kier alpha value is -1.13. The molecule has 1 aliphatic heterocycles. The van der Waals surface area contributed by atoms with E-state index in [-0.39, 0.29) is 5.66 Å². The molecule has 0 bridgehead atoms. The SMILES string of the molecule is CCCCCC1(CCCCC)NC(=S)N(c2ccccc2)N1. The second-order valence-corrected chi connectivity index (χ2v) is 6.60. The number of hydrazine groups is 1. The number of hydrogen-bond donors (Lipinski definition) is 2. The Morgan fingerprint density at radius 1 is 0.955 bits per heavy atom. The highest BCUT2D eigenvalue weighted by Crippen LogP contribution is 2.27. The molecule has 1 aliphatic rings. The zero-order valence-corrected chi connectivity index (χ0v) is 14.7. The molecule has 4 heteroatoms. The largest absolute Gasteiger partial charge is 0.342 e. The van der Waals surface area contributed by atoms with Crippen molar-refractivity contribution in [2.45, 2.75) is 70.9 Å². The monoisotopic (exact) mass is 319 g/mol. The Bertz CT molecular complexity index is 451. The molecular weight excluding hydrogens is 290 g/mol. The number of nitrogens with zero attached hydrogens (tertiary/aromatic N) is 1. The van der Waals surface area contributed by atoms with Gasteiger partial charge in [-0.05, 0) is 50.0 Å². The first kappa shape index (κ1) is 17.2. The molecule has 122 valence electrons. The Balaban J connectivity index is 2.07. The number of nitrogens with one attached hydrogen (secondary N) is 2. The number of hydrogen-bond acceptors (Lipinski definition) is 2. The lowest BCUT2D eigenvalue weighted by atomic mass is 9.96. The van der Waals surface area contributed by atoms with Crippen molar-refractivity contribution in [1.29, 1.82) is 0 Å². The van der Waals surface area contributed by atoms with Gasteiger partial charge in [0.1, 0.15) is 5.66 Å². The molecule has 1 aromatic rings. The third kappa shape index (κ3) is 4.43. The predicted molar refractivity (Wildman–Crippen MR) is 98.8 cm³/mol. The molecule has 1 fully saturated rings. The summed E-state index contributed by atoms with van der Waals surface area (Å²) in [4.78, 5) is 0. The van der Waals surface area contributed by atoms with Crippen LogP contribution in [0.1, 0.15) is 65.2 Å². The van der Waals surface area contributed by atoms with E-state index in [1.807, 2.05) is 23.2 Å². The minimum atomic E-state index is -0.0722. The summed E-state index contributed by atoms with van der Waals surface area (Å²) in [5.74, 6) is 0. The quantitative estimate of drug-likeness (QED) is 0.508. The van der Waals surface area contributed by atoms with Crippen LogP contribution in [0, 0.1) is 0 Å². The highest BCUT2D eigenvalue weighted by Gasteiger charge is 2.39. The zero-order valence-electron chi connectivity index (χ0n) is 13.9. The van der Waals surface area contributed by atoms with Crippen LogP contribution in [-0.2, 0) is 0 Å². The standard InChI is InChI=1S/C18H29N3S/c1-3-5-10-14-18(15-11-6-4-2)19-17(22)21(20-18)16-12-8-7-9-13-16/h7-9,12-13,20H,3-6,10-11,14-15H2,1-2H3,(H,19,22). The minimum absolute atomic E-state index is 0.0722. The van der Waals surface area contributed by atoms with Crippen LogP contribution in [0.3, 0.4) is 0 Å². The molecule has 0 aliphatic carbocycles. The van der Waals surface area contributed by atoms with Gasteiger partial charge < -0.3 is 5.32 Å². The number of benzene rings is 1. The van der Waals surface area contributed by atoms with Gasteiger partial charge in [0.15, 0.2) is 5.11 Å². The van der Waals surface area contributed by atoms with Gasteiger partial charge >= 0.3 is 0 Å². The average molecular weight is 320 g/mol. The van der Waals surface area contributed by atoms with Gasteiger partial charge in [-0.15, -0.1) is 0 Å². The lowest BCUT2D eigenvalue weighted by Crippen LogP contribution is -2.51. The van der Waals surface area contributed by atoms with Crippen LogP contribution in [0.2, 0.25) is 0 Å². The second kappa shape index (κ2) is 8.49. The molecule has 1 aromatic carbocycles. The number of unbranched alkanes of at least 4 members (excludes halogenated alkanes) is 4. The van der Waals surface area contributed by atoms with Gasteiger partial charge in [0.05, 0.1) is 5.69 Å². The van der Waals surface area contributed by atoms with E-state index in [1.54, 1.807) is 0 Å². The fourth-order valence-corrected chi connectivity index (χ4v) is 3.37. The normalized spacial score (nSPS) is 16.8. The van der Waals surface area contributed by atoms with Crippen molar-refractivity contribution in [1.82, 2.24) is 10.7 Å². The summed E-state index contributed by atoms with van der Waals surface area (Å²) in [6.45, 7) is 4.50. The van der Waals surface area contributed by atoms with Crippen LogP contribution in [0.5, 0.6) is 0 Å². The number of thiocarbonyl (C=S) groups is 1. The minimum Gasteiger partial charge on any atom is -0.342 e. The van der Waals surface area contributed by atoms with Crippen LogP contribution >= 0.6 is 12.2 Å². The lowest BCUT2D eigenvalue weighted by Gasteiger charge is -2.30. The van der Waals surface area contributed by atoms with Crippen LogP contribution in [0.25, 0.3) is 0 Å². The molecule has 1 saturated heterocycles. The van der Waals surface area contributed by atoms with E-state index in [4.69, 9.17) is 12.2 Å². The summed E-state index contributed by atoms with van der Waals surface area (Å²) >= 11 is 5.58. The Morgan fingerprint density at radius 2 is 1.55 bits per heavy atom. The summed E-state index contributed by atoms with van der Waals surface area (Å²) in [5, 5.41) is 6.41. The molecule has 2 rings (SSSR count). The molecule has 0 atom stereocenters. The van der Waals surface area contributed by atoms with Crippen molar-refractivity contribution in [2.75, 3.05) is 5.01 Å². The topological polar surface area (TPSA) is 27.3 Å². The molecule has 0 saturated carbocycles. The summed E-state index contributed by atoms with van der Waals surface area (Å²) in [5.41, 5.74) is 4.70. The molecule has 0 amide bonds. The van der Waals surface area contributed by atoms with Crippen LogP contribution in [-0.4, -0.2) is 10.8 Å². The van der Waals surface area contributed by atoms with Crippen LogP contribution in [0.15, 0.2) is 30.3 Å². The van der Waals surface area contributed by atoms with E-state index in [1.165, 1.54) is 38.5 Å². The van der Waals surface area contributed by atoms with Crippen molar-refractivity contribution < 1.29 is 0 Å². The van der Waals surface area contributed by atoms with Crippen molar-refractivity contribution >= 4 is 23.0 Å². The lowest BCUT2D eigenvalue weighted by molar-refractivity contribution is 0.272. The summed E-state index contributed by atoms with van der Waals surface area (Å²) in [7, 11) is 0. The fourth-order valence-electron chi connectivity index (χ4n) is 3.03. The number of anilines is 1. The fraction of sp³-hybridized carbons (Fsp3) is 0.611. The average Bonchev–Trinajstić information content (AvgIpc) is 2.86. The molecule has 3 nitrogen and oxygen atoms in total. The maximum atomic E-state index is 5.58. The van der Waals surface area contributed by atoms with E-state index in [0.29, 0.717) is 0 Å². The second-order valence-electron chi connectivity index (χ2n) is 6.21. The molecule has 1 heterocycles. The zero-order chi connectivity index (χ0) is 15.8. The summed E-state index contributed by atoms with van der Waals surface area (Å²) in [6, 6.07) is 10.3. The first-order chi connectivity index (χ1) is 10.7. The highest BCUT2D eigenvalue weighted by molar-refractivity contribution is 7.80. The summed E-state index contributed by atoms with van der Waals surface area (Å²) in [6.07, 6.45) is 9.74. The predicted octanol–water partition coefficient (Wildman–Crippen LogP) is 4.74. The van der Waals surface area contributed by atoms with Gasteiger partial charge in [-0.25, -0.2) is 5.43 Å². The smallest absolute Gasteiger partial charge is 0.189 e. The van der Waals surface area contributed by atoms with Crippen molar-refractivity contribution in [3.05, 3.63) is 30.3 Å². The van der Waals surface area contributed by atoms with Crippen molar-refractivity contribution in [3.63, 3.8) is 0 Å². The molecule has 0 spiro atoms. The highest BCUT2D eigenvalue weighted by atomic mass is 32.1. The van der Waals surface area contributed by atoms with Gasteiger partial charge in [-0.1, -0.05) is 57.7 Å². The summed E-state index contributed by atoms with van der Waals surface area (Å²) < 4.78 is 0. The molecule has 0 aromatic heterocycles. The Kier molecular flexibility index (Phi) is 6.65. The van der Waals surface area contributed by atoms with E-state index < -0.39 is 0 Å². The van der Waals surface area contributed by atoms with Crippen molar-refractivity contribution in [3.8, 4) is 0 Å². The Labute approximate surface area is 140 Å². The van der Waals surface area contributed by atoms with E-state index in [0.717, 1.165) is 23.6 Å². The first-order valence-corrected chi connectivity index (χ1v) is 9.07. The van der Waals surface area contributed by atoms with Crippen LogP contribution < -0.4 is 15.8 Å². The maximum Gasteiger partial charge on any atom is 0.189 e. The van der Waals surface area contributed by atoms with Gasteiger partial charge in [0, 0.05) is 0 Å². The first-order valence-electron chi connectivity index (χ1n) is 8.66. The van der Waals surface area contributed by atoms with Gasteiger partial charge in [0.2, 0.25) is 0 Å². The molecule has 0 unspecified atom stereocenters. The molecule has 0 radical (unpaired) electrons. The Morgan fingerprint density at radius 3 is 2.09 bits per heavy atom. The third-order valence-electron chi connectivity index (χ3n) is 4.30. The van der Waals surface area contributed by atoms with Gasteiger partial charge in [-0.3, -0.25) is 5.01 Å². The maximum absolute atomic E-state index is 5.58. The van der Waals surface area contributed by atoms with E-state index in [9.17, 15) is 0 Å².